The van der Waals surface area contributed by atoms with Crippen molar-refractivity contribution in [3.8, 4) is 5.75 Å². The van der Waals surface area contributed by atoms with Gasteiger partial charge in [-0.3, -0.25) is 4.68 Å². The van der Waals surface area contributed by atoms with Crippen molar-refractivity contribution in [2.24, 2.45) is 5.92 Å². The van der Waals surface area contributed by atoms with Gasteiger partial charge in [0.25, 0.3) is 0 Å². The average Bonchev–Trinajstić information content (AvgIpc) is 3.07. The first-order valence-electron chi connectivity index (χ1n) is 10.6. The van der Waals surface area contributed by atoms with Crippen LogP contribution in [-0.4, -0.2) is 59.9 Å². The number of methoxy groups -OCH3 is 1. The van der Waals surface area contributed by atoms with E-state index in [2.05, 4.69) is 64.7 Å². The monoisotopic (exact) mass is 384 g/mol. The van der Waals surface area contributed by atoms with Crippen molar-refractivity contribution in [2.45, 2.75) is 46.2 Å². The van der Waals surface area contributed by atoms with Crippen LogP contribution >= 0.6 is 0 Å². The second-order valence-electron chi connectivity index (χ2n) is 8.15. The summed E-state index contributed by atoms with van der Waals surface area (Å²) >= 11 is 0. The third-order valence-electron chi connectivity index (χ3n) is 6.10. The fourth-order valence-electron chi connectivity index (χ4n) is 4.23. The number of nitrogens with zero attached hydrogens (tertiary/aromatic N) is 4. The van der Waals surface area contributed by atoms with Crippen LogP contribution in [-0.2, 0) is 19.5 Å². The van der Waals surface area contributed by atoms with Gasteiger partial charge in [0, 0.05) is 37.4 Å². The second-order valence-corrected chi connectivity index (χ2v) is 8.15. The summed E-state index contributed by atoms with van der Waals surface area (Å²) < 4.78 is 7.33. The molecule has 5 nitrogen and oxygen atoms in total. The summed E-state index contributed by atoms with van der Waals surface area (Å²) in [6.07, 6.45) is 5.77. The van der Waals surface area contributed by atoms with Crippen molar-refractivity contribution in [2.75, 3.05) is 40.3 Å². The lowest BCUT2D eigenvalue weighted by molar-refractivity contribution is 0.153. The minimum absolute atomic E-state index is 0.809. The molecule has 0 atom stereocenters. The zero-order chi connectivity index (χ0) is 19.9. The molecule has 5 heteroatoms. The molecular formula is C23H36N4O. The minimum Gasteiger partial charge on any atom is -0.497 e. The molecular weight excluding hydrogens is 348 g/mol. The summed E-state index contributed by atoms with van der Waals surface area (Å²) in [5.41, 5.74) is 4.06. The highest BCUT2D eigenvalue weighted by Crippen LogP contribution is 2.20. The van der Waals surface area contributed by atoms with Gasteiger partial charge in [0.05, 0.1) is 13.3 Å². The Morgan fingerprint density at radius 3 is 2.50 bits per heavy atom. The Morgan fingerprint density at radius 2 is 1.89 bits per heavy atom. The van der Waals surface area contributed by atoms with E-state index in [1.807, 2.05) is 6.20 Å². The zero-order valence-corrected chi connectivity index (χ0v) is 18.0. The van der Waals surface area contributed by atoms with Gasteiger partial charge in [0.1, 0.15) is 5.75 Å². The van der Waals surface area contributed by atoms with Crippen LogP contribution in [0, 0.1) is 12.8 Å². The molecule has 3 rings (SSSR count). The third-order valence-corrected chi connectivity index (χ3v) is 6.10. The Kier molecular flexibility index (Phi) is 7.51. The molecule has 1 fully saturated rings. The summed E-state index contributed by atoms with van der Waals surface area (Å²) in [6, 6.07) is 8.49. The van der Waals surface area contributed by atoms with Crippen LogP contribution in [0.1, 0.15) is 36.6 Å². The molecule has 1 aromatic heterocycles. The van der Waals surface area contributed by atoms with Gasteiger partial charge in [0.15, 0.2) is 0 Å². The Hall–Kier alpha value is -1.85. The first-order valence-corrected chi connectivity index (χ1v) is 10.6. The van der Waals surface area contributed by atoms with E-state index in [1.165, 1.54) is 49.3 Å². The fraction of sp³-hybridized carbons (Fsp3) is 0.609. The molecule has 0 N–H and O–H groups in total. The molecule has 0 amide bonds. The van der Waals surface area contributed by atoms with Gasteiger partial charge in [0.2, 0.25) is 0 Å². The van der Waals surface area contributed by atoms with Crippen LogP contribution in [0.15, 0.2) is 30.5 Å². The van der Waals surface area contributed by atoms with Crippen molar-refractivity contribution < 1.29 is 4.74 Å². The molecule has 2 aromatic rings. The summed E-state index contributed by atoms with van der Waals surface area (Å²) in [5, 5.41) is 4.48. The van der Waals surface area contributed by atoms with Gasteiger partial charge in [-0.15, -0.1) is 0 Å². The lowest BCUT2D eigenvalue weighted by atomic mass is 9.96. The van der Waals surface area contributed by atoms with E-state index in [9.17, 15) is 0 Å². The summed E-state index contributed by atoms with van der Waals surface area (Å²) in [7, 11) is 3.97. The van der Waals surface area contributed by atoms with Crippen molar-refractivity contribution in [3.63, 3.8) is 0 Å². The molecule has 0 aliphatic carbocycles. The number of ether oxygens (including phenoxy) is 1. The van der Waals surface area contributed by atoms with Crippen LogP contribution < -0.4 is 4.74 Å². The van der Waals surface area contributed by atoms with E-state index in [0.29, 0.717) is 0 Å². The van der Waals surface area contributed by atoms with Gasteiger partial charge < -0.3 is 14.5 Å². The van der Waals surface area contributed by atoms with Gasteiger partial charge in [-0.2, -0.15) is 5.10 Å². The smallest absolute Gasteiger partial charge is 0.118 e. The third kappa shape index (κ3) is 5.58. The van der Waals surface area contributed by atoms with Crippen molar-refractivity contribution in [1.29, 1.82) is 0 Å². The predicted molar refractivity (Wildman–Crippen MR) is 115 cm³/mol. The topological polar surface area (TPSA) is 33.5 Å². The van der Waals surface area contributed by atoms with E-state index in [-0.39, 0.29) is 0 Å². The molecule has 28 heavy (non-hydrogen) atoms. The molecule has 0 radical (unpaired) electrons. The molecule has 0 saturated carbocycles. The van der Waals surface area contributed by atoms with E-state index < -0.39 is 0 Å². The van der Waals surface area contributed by atoms with E-state index in [4.69, 9.17) is 4.74 Å². The standard InChI is InChI=1S/C23H36N4O/c1-5-27-19(2)22(16-24-27)18-25(3)17-21-11-14-26(15-12-21)13-10-20-6-8-23(28-4)9-7-20/h6-9,16,21H,5,10-15,17-18H2,1-4H3. The number of hydrogen-bond donors (Lipinski definition) is 0. The molecule has 1 saturated heterocycles. The highest BCUT2D eigenvalue weighted by molar-refractivity contribution is 5.27. The molecule has 1 aliphatic rings. The van der Waals surface area contributed by atoms with Gasteiger partial charge >= 0.3 is 0 Å². The maximum atomic E-state index is 5.24. The highest BCUT2D eigenvalue weighted by atomic mass is 16.5. The molecule has 0 bridgehead atoms. The number of aromatic nitrogens is 2. The zero-order valence-electron chi connectivity index (χ0n) is 18.0. The van der Waals surface area contributed by atoms with Crippen LogP contribution in [0.25, 0.3) is 0 Å². The normalized spacial score (nSPS) is 16.0. The Labute approximate surface area is 170 Å². The predicted octanol–water partition coefficient (Wildman–Crippen LogP) is 3.61. The fourth-order valence-corrected chi connectivity index (χ4v) is 4.23. The molecule has 1 aromatic carbocycles. The van der Waals surface area contributed by atoms with Gasteiger partial charge in [-0.05, 0) is 76.9 Å². The highest BCUT2D eigenvalue weighted by Gasteiger charge is 2.20. The molecule has 2 heterocycles. The number of aryl methyl sites for hydroxylation is 1. The molecule has 1 aliphatic heterocycles. The number of rotatable bonds is 9. The quantitative estimate of drug-likeness (QED) is 0.661. The Bertz CT molecular complexity index is 717. The average molecular weight is 385 g/mol. The van der Waals surface area contributed by atoms with Crippen LogP contribution in [0.4, 0.5) is 0 Å². The lowest BCUT2D eigenvalue weighted by Crippen LogP contribution is -2.38. The second kappa shape index (κ2) is 10.1. The number of piperidine rings is 1. The molecule has 154 valence electrons. The number of hydrogen-bond acceptors (Lipinski definition) is 4. The van der Waals surface area contributed by atoms with E-state index in [0.717, 1.165) is 37.7 Å². The summed E-state index contributed by atoms with van der Waals surface area (Å²) in [4.78, 5) is 5.10. The first-order chi connectivity index (χ1) is 13.6. The van der Waals surface area contributed by atoms with Crippen LogP contribution in [0.2, 0.25) is 0 Å². The Morgan fingerprint density at radius 1 is 1.18 bits per heavy atom. The van der Waals surface area contributed by atoms with Crippen molar-refractivity contribution in [3.05, 3.63) is 47.3 Å². The van der Waals surface area contributed by atoms with Crippen LogP contribution in [0.3, 0.4) is 0 Å². The maximum absolute atomic E-state index is 5.24. The van der Waals surface area contributed by atoms with E-state index in [1.54, 1.807) is 7.11 Å². The number of likely N-dealkylation sites (tertiary alicyclic amines) is 1. The van der Waals surface area contributed by atoms with Crippen LogP contribution in [0.5, 0.6) is 5.75 Å². The van der Waals surface area contributed by atoms with Crippen molar-refractivity contribution >= 4 is 0 Å². The lowest BCUT2D eigenvalue weighted by Gasteiger charge is -2.34. The Balaban J connectivity index is 1.37. The van der Waals surface area contributed by atoms with Gasteiger partial charge in [-0.1, -0.05) is 12.1 Å². The first kappa shape index (κ1) is 20.9. The summed E-state index contributed by atoms with van der Waals surface area (Å²) in [6.45, 7) is 11.1. The van der Waals surface area contributed by atoms with Crippen molar-refractivity contribution in [1.82, 2.24) is 19.6 Å². The largest absolute Gasteiger partial charge is 0.497 e. The SMILES string of the molecule is CCn1ncc(CN(C)CC2CCN(CCc3ccc(OC)cc3)CC2)c1C. The minimum atomic E-state index is 0.809. The van der Waals surface area contributed by atoms with E-state index >= 15 is 0 Å². The molecule has 0 unspecified atom stereocenters. The maximum Gasteiger partial charge on any atom is 0.118 e. The number of benzene rings is 1. The molecule has 0 spiro atoms. The summed E-state index contributed by atoms with van der Waals surface area (Å²) in [5.74, 6) is 1.75. The van der Waals surface area contributed by atoms with Gasteiger partial charge in [-0.25, -0.2) is 0 Å².